The molecular formula is C22H23FN4O4. The first-order chi connectivity index (χ1) is 14.9. The van der Waals surface area contributed by atoms with Crippen LogP contribution < -0.4 is 0 Å². The molecule has 9 heteroatoms. The fourth-order valence-corrected chi connectivity index (χ4v) is 4.14. The van der Waals surface area contributed by atoms with Crippen molar-refractivity contribution in [1.82, 2.24) is 19.7 Å². The number of hydrogen-bond acceptors (Lipinski definition) is 5. The van der Waals surface area contributed by atoms with Gasteiger partial charge in [-0.2, -0.15) is 0 Å². The number of carbonyl (C=O) groups is 3. The summed E-state index contributed by atoms with van der Waals surface area (Å²) >= 11 is 0. The second-order valence-corrected chi connectivity index (χ2v) is 7.77. The quantitative estimate of drug-likeness (QED) is 0.755. The summed E-state index contributed by atoms with van der Waals surface area (Å²) in [5.74, 6) is -1.50. The minimum atomic E-state index is -1.29. The number of likely N-dealkylation sites (tertiary alicyclic amines) is 1. The molecule has 31 heavy (non-hydrogen) atoms. The van der Waals surface area contributed by atoms with Gasteiger partial charge >= 0.3 is 6.09 Å². The number of pyridine rings is 1. The number of halogens is 1. The second kappa shape index (κ2) is 8.43. The van der Waals surface area contributed by atoms with Gasteiger partial charge in [-0.05, 0) is 43.5 Å². The molecule has 3 heterocycles. The van der Waals surface area contributed by atoms with Crippen molar-refractivity contribution in [1.29, 1.82) is 0 Å². The van der Waals surface area contributed by atoms with E-state index in [0.29, 0.717) is 35.6 Å². The molecule has 1 aromatic carbocycles. The van der Waals surface area contributed by atoms with Gasteiger partial charge in [0.05, 0.1) is 12.2 Å². The fourth-order valence-electron chi connectivity index (χ4n) is 4.14. The van der Waals surface area contributed by atoms with Crippen LogP contribution in [0, 0.1) is 12.7 Å². The summed E-state index contributed by atoms with van der Waals surface area (Å²) in [5, 5.41) is 9.52. The highest BCUT2D eigenvalue weighted by Crippen LogP contribution is 2.25. The summed E-state index contributed by atoms with van der Waals surface area (Å²) in [6.45, 7) is 2.58. The highest BCUT2D eigenvalue weighted by atomic mass is 19.1. The van der Waals surface area contributed by atoms with Crippen molar-refractivity contribution < 1.29 is 23.9 Å². The largest absolute Gasteiger partial charge is 0.465 e. The summed E-state index contributed by atoms with van der Waals surface area (Å²) in [5.41, 5.74) is 2.04. The maximum absolute atomic E-state index is 14.1. The number of aryl methyl sites for hydroxylation is 1. The van der Waals surface area contributed by atoms with Gasteiger partial charge in [-0.3, -0.25) is 29.3 Å². The lowest BCUT2D eigenvalue weighted by Crippen LogP contribution is -2.65. The van der Waals surface area contributed by atoms with Crippen LogP contribution >= 0.6 is 0 Å². The van der Waals surface area contributed by atoms with Crippen LogP contribution in [-0.4, -0.2) is 68.5 Å². The lowest BCUT2D eigenvalue weighted by atomic mass is 10.1. The summed E-state index contributed by atoms with van der Waals surface area (Å²) in [6, 6.07) is 9.69. The number of nitrogens with zero attached hydrogens (tertiary/aromatic N) is 4. The standard InChI is InChI=1S/C22H23FN4O4/c1-14-15(8-9-18(24-14)16-6-2-3-7-17(16)23)12-26-19(28)13-27(22(30)31)20(21(26)29)25-10-4-5-11-25/h2-3,6-9,20H,4-5,10-13H2,1H3,(H,30,31). The van der Waals surface area contributed by atoms with Crippen molar-refractivity contribution in [2.24, 2.45) is 0 Å². The van der Waals surface area contributed by atoms with Crippen LogP contribution in [0.5, 0.6) is 0 Å². The van der Waals surface area contributed by atoms with E-state index in [0.717, 1.165) is 22.6 Å². The third kappa shape index (κ3) is 4.00. The summed E-state index contributed by atoms with van der Waals surface area (Å²) in [7, 11) is 0. The van der Waals surface area contributed by atoms with E-state index >= 15 is 0 Å². The van der Waals surface area contributed by atoms with Crippen molar-refractivity contribution in [3.8, 4) is 11.3 Å². The third-order valence-corrected chi connectivity index (χ3v) is 5.79. The lowest BCUT2D eigenvalue weighted by molar-refractivity contribution is -0.161. The van der Waals surface area contributed by atoms with Crippen molar-refractivity contribution in [3.05, 3.63) is 53.5 Å². The molecule has 2 saturated heterocycles. The number of benzene rings is 1. The molecule has 1 N–H and O–H groups in total. The summed E-state index contributed by atoms with van der Waals surface area (Å²) in [6.07, 6.45) is -0.522. The van der Waals surface area contributed by atoms with E-state index in [1.807, 2.05) is 4.90 Å². The van der Waals surface area contributed by atoms with Crippen molar-refractivity contribution >= 4 is 17.9 Å². The lowest BCUT2D eigenvalue weighted by Gasteiger charge is -2.41. The molecule has 2 aliphatic rings. The molecule has 8 nitrogen and oxygen atoms in total. The third-order valence-electron chi connectivity index (χ3n) is 5.79. The van der Waals surface area contributed by atoms with Crippen molar-refractivity contribution in [3.63, 3.8) is 0 Å². The van der Waals surface area contributed by atoms with Gasteiger partial charge in [-0.25, -0.2) is 9.18 Å². The van der Waals surface area contributed by atoms with Crippen LogP contribution in [0.4, 0.5) is 9.18 Å². The summed E-state index contributed by atoms with van der Waals surface area (Å²) < 4.78 is 14.1. The molecule has 0 bridgehead atoms. The van der Waals surface area contributed by atoms with E-state index in [4.69, 9.17) is 0 Å². The number of imide groups is 1. The average molecular weight is 426 g/mol. The number of carbonyl (C=O) groups excluding carboxylic acids is 2. The first-order valence-corrected chi connectivity index (χ1v) is 10.2. The van der Waals surface area contributed by atoms with Gasteiger partial charge in [0.1, 0.15) is 12.4 Å². The number of piperazine rings is 1. The van der Waals surface area contributed by atoms with Gasteiger partial charge in [0, 0.05) is 24.3 Å². The second-order valence-electron chi connectivity index (χ2n) is 7.77. The predicted molar refractivity (Wildman–Crippen MR) is 109 cm³/mol. The Morgan fingerprint density at radius 1 is 1.16 bits per heavy atom. The number of hydrogen-bond donors (Lipinski definition) is 1. The van der Waals surface area contributed by atoms with Gasteiger partial charge in [0.25, 0.3) is 5.91 Å². The molecule has 1 unspecified atom stereocenters. The van der Waals surface area contributed by atoms with Crippen LogP contribution in [0.15, 0.2) is 36.4 Å². The zero-order valence-electron chi connectivity index (χ0n) is 17.1. The first kappa shape index (κ1) is 20.9. The molecule has 2 fully saturated rings. The molecule has 4 rings (SSSR count). The van der Waals surface area contributed by atoms with E-state index in [1.165, 1.54) is 6.07 Å². The van der Waals surface area contributed by atoms with Crippen LogP contribution in [0.2, 0.25) is 0 Å². The Labute approximate surface area is 178 Å². The minimum absolute atomic E-state index is 0.00808. The molecule has 2 aliphatic heterocycles. The maximum Gasteiger partial charge on any atom is 0.409 e. The zero-order chi connectivity index (χ0) is 22.1. The van der Waals surface area contributed by atoms with Gasteiger partial charge in [-0.1, -0.05) is 18.2 Å². The van der Waals surface area contributed by atoms with Crippen molar-refractivity contribution in [2.75, 3.05) is 19.6 Å². The van der Waals surface area contributed by atoms with Crippen LogP contribution in [0.1, 0.15) is 24.1 Å². The van der Waals surface area contributed by atoms with E-state index < -0.39 is 24.1 Å². The van der Waals surface area contributed by atoms with Gasteiger partial charge in [-0.15, -0.1) is 0 Å². The Morgan fingerprint density at radius 2 is 1.87 bits per heavy atom. The Hall–Kier alpha value is -3.33. The Morgan fingerprint density at radius 3 is 2.52 bits per heavy atom. The van der Waals surface area contributed by atoms with Gasteiger partial charge in [0.15, 0.2) is 6.17 Å². The molecule has 0 spiro atoms. The Bertz CT molecular complexity index is 1040. The Balaban J connectivity index is 1.59. The topological polar surface area (TPSA) is 94.1 Å². The number of rotatable bonds is 4. The molecule has 2 aromatic rings. The van der Waals surface area contributed by atoms with Crippen LogP contribution in [-0.2, 0) is 16.1 Å². The number of carboxylic acid groups (broad SMARTS) is 1. The monoisotopic (exact) mass is 426 g/mol. The van der Waals surface area contributed by atoms with Crippen LogP contribution in [0.25, 0.3) is 11.3 Å². The molecule has 1 atom stereocenters. The highest BCUT2D eigenvalue weighted by molar-refractivity contribution is 6.03. The summed E-state index contributed by atoms with van der Waals surface area (Å²) in [4.78, 5) is 45.8. The average Bonchev–Trinajstić information content (AvgIpc) is 3.26. The van der Waals surface area contributed by atoms with E-state index in [1.54, 1.807) is 37.3 Å². The van der Waals surface area contributed by atoms with Crippen LogP contribution in [0.3, 0.4) is 0 Å². The fraction of sp³-hybridized carbons (Fsp3) is 0.364. The zero-order valence-corrected chi connectivity index (χ0v) is 17.1. The number of amides is 3. The van der Waals surface area contributed by atoms with Gasteiger partial charge < -0.3 is 5.11 Å². The first-order valence-electron chi connectivity index (χ1n) is 10.2. The van der Waals surface area contributed by atoms with Crippen molar-refractivity contribution in [2.45, 2.75) is 32.5 Å². The Kier molecular flexibility index (Phi) is 5.69. The molecule has 3 amide bonds. The molecule has 1 aromatic heterocycles. The maximum atomic E-state index is 14.1. The van der Waals surface area contributed by atoms with Gasteiger partial charge in [0.2, 0.25) is 5.91 Å². The number of aromatic nitrogens is 1. The minimum Gasteiger partial charge on any atom is -0.465 e. The molecule has 0 radical (unpaired) electrons. The smallest absolute Gasteiger partial charge is 0.409 e. The molecule has 162 valence electrons. The van der Waals surface area contributed by atoms with E-state index in [2.05, 4.69) is 4.98 Å². The molecular weight excluding hydrogens is 403 g/mol. The molecule has 0 saturated carbocycles. The normalized spacial score (nSPS) is 19.9. The SMILES string of the molecule is Cc1nc(-c2ccccc2F)ccc1CN1C(=O)CN(C(=O)O)C(N2CCCC2)C1=O. The van der Waals surface area contributed by atoms with E-state index in [9.17, 15) is 23.9 Å². The molecule has 0 aliphatic carbocycles. The predicted octanol–water partition coefficient (Wildman–Crippen LogP) is 2.47. The highest BCUT2D eigenvalue weighted by Gasteiger charge is 2.45. The van der Waals surface area contributed by atoms with E-state index in [-0.39, 0.29) is 18.9 Å².